The molecule has 10 heterocycles. The van der Waals surface area contributed by atoms with Gasteiger partial charge in [0.05, 0.1) is 61.1 Å². The Bertz CT molecular complexity index is 2780. The summed E-state index contributed by atoms with van der Waals surface area (Å²) in [4.78, 5) is 69.3. The molecule has 92 heavy (non-hydrogen) atoms. The first-order chi connectivity index (χ1) is 44.3. The lowest BCUT2D eigenvalue weighted by Crippen LogP contribution is -2.80. The highest BCUT2D eigenvalue weighted by molar-refractivity contribution is 5.89. The maximum absolute atomic E-state index is 18.2. The molecular weight excluding hydrogens is 1180 g/mol. The molecule has 0 aromatic carbocycles. The van der Waals surface area contributed by atoms with Crippen molar-refractivity contribution in [2.45, 2.75) is 260 Å². The normalized spacial score (nSPS) is 45.3. The van der Waals surface area contributed by atoms with E-state index in [9.17, 15) is 20.1 Å². The lowest BCUT2D eigenvalue weighted by atomic mass is 9.67. The number of allylic oxidation sites excluding steroid dienone is 2. The Kier molecular flexibility index (Phi) is 20.9. The summed E-state index contributed by atoms with van der Waals surface area (Å²) in [6.07, 6.45) is 3.23. The van der Waals surface area contributed by atoms with Gasteiger partial charge in [0.25, 0.3) is 0 Å². The average Bonchev–Trinajstić information content (AvgIpc) is 0.741. The molecule has 12 rings (SSSR count). The summed E-state index contributed by atoms with van der Waals surface area (Å²) >= 11 is 0. The van der Waals surface area contributed by atoms with Crippen molar-refractivity contribution in [2.24, 2.45) is 53.3 Å². The maximum Gasteiger partial charge on any atom is 0.320 e. The second-order valence-corrected chi connectivity index (χ2v) is 30.5. The number of ether oxygens (including phenoxy) is 2. The van der Waals surface area contributed by atoms with Crippen LogP contribution in [0.4, 0.5) is 27.2 Å². The van der Waals surface area contributed by atoms with Crippen LogP contribution in [0.15, 0.2) is 24.3 Å². The van der Waals surface area contributed by atoms with Crippen LogP contribution in [0.1, 0.15) is 138 Å². The minimum Gasteiger partial charge on any atom is -0.378 e. The van der Waals surface area contributed by atoms with Crippen LogP contribution in [0.3, 0.4) is 0 Å². The number of rotatable bonds is 8. The second-order valence-electron chi connectivity index (χ2n) is 30.5. The van der Waals surface area contributed by atoms with Crippen LogP contribution in [-0.2, 0) is 19.1 Å². The number of amides is 6. The zero-order valence-electron chi connectivity index (χ0n) is 55.1. The van der Waals surface area contributed by atoms with E-state index < -0.39 is 103 Å². The topological polar surface area (TPSA) is 226 Å². The van der Waals surface area contributed by atoms with Crippen LogP contribution in [0.5, 0.6) is 0 Å². The fraction of sp³-hybridized carbons (Fsp3) is 0.853. The molecular formula is C68H104F4N14O6. The smallest absolute Gasteiger partial charge is 0.320 e. The number of hydrogen-bond acceptors (Lipinski definition) is 14. The van der Waals surface area contributed by atoms with Crippen LogP contribution >= 0.6 is 0 Å². The Labute approximate surface area is 542 Å². The number of nitrogens with zero attached hydrogens (tertiary/aromatic N) is 8. The number of carbonyl (C=O) groups excluding carboxylic acids is 4. The lowest BCUT2D eigenvalue weighted by molar-refractivity contribution is -0.140. The lowest BCUT2D eigenvalue weighted by Gasteiger charge is -2.61. The molecule has 0 aromatic rings. The molecule has 10 aliphatic heterocycles. The van der Waals surface area contributed by atoms with Crippen LogP contribution < -0.4 is 31.9 Å². The van der Waals surface area contributed by atoms with E-state index in [0.29, 0.717) is 90.9 Å². The molecule has 2 aliphatic carbocycles. The van der Waals surface area contributed by atoms with Crippen molar-refractivity contribution in [1.29, 1.82) is 10.5 Å². The molecule has 4 bridgehead atoms. The van der Waals surface area contributed by atoms with E-state index in [-0.39, 0.29) is 115 Å². The van der Waals surface area contributed by atoms with Crippen LogP contribution in [-0.4, -0.2) is 228 Å². The molecule has 12 fully saturated rings. The van der Waals surface area contributed by atoms with E-state index in [1.807, 2.05) is 49.6 Å². The highest BCUT2D eigenvalue weighted by atomic mass is 19.1. The predicted molar refractivity (Wildman–Crippen MR) is 337 cm³/mol. The third kappa shape index (κ3) is 13.1. The fourth-order valence-corrected chi connectivity index (χ4v) is 20.4. The van der Waals surface area contributed by atoms with Gasteiger partial charge in [-0.2, -0.15) is 10.5 Å². The number of alkyl halides is 4. The molecule has 28 atom stereocenters. The minimum absolute atomic E-state index is 0.0143. The standard InChI is InChI=1S/C68H104F4N14O6/c1-36(2)57-61-43(19-23-75-57)13-12-26-92-52-29-42(28-48(70)56(52)60-50(72)31-45-63(79-67(89)85(61)65(45)78-60)83-34-38(4)81(32-40(83)6)53(87)17-9-21-73)27-37(3)58-62-44(20-24-76-58)14-11-25-91-51-16-8-15-47(69)55(51)59-49(71)30-46-64(80-68(90)86(62)66(46)77-59)84-35-39(5)82(33-41(84)7)54(88)18-10-22-74/h9-10,17-18,36-52,55-66,75-78H,8,11-16,19-20,23-35H2,1-7H3,(H,79,89)(H,80,90)/b17-9+,18-10+/t37?,38-,39-,40+,41+,42?,43?,44?,45?,46?,47?,48?,49?,50?,51?,52?,55?,56?,57?,58?,59?,60?,61?,62?,63?,64?,65?,66?/m1/s1. The number of fused-ring (bicyclic) bond motifs is 10. The Balaban J connectivity index is 0.819. The highest BCUT2D eigenvalue weighted by Crippen LogP contribution is 2.49. The van der Waals surface area contributed by atoms with E-state index in [1.54, 1.807) is 9.80 Å². The average molecular weight is 1290 g/mol. The molecule has 12 aliphatic rings. The zero-order chi connectivity index (χ0) is 65.0. The van der Waals surface area contributed by atoms with Gasteiger partial charge in [0.1, 0.15) is 24.7 Å². The van der Waals surface area contributed by atoms with Gasteiger partial charge in [-0.15, -0.1) is 0 Å². The third-order valence-electron chi connectivity index (χ3n) is 24.6. The maximum atomic E-state index is 18.2. The fourth-order valence-electron chi connectivity index (χ4n) is 20.4. The summed E-state index contributed by atoms with van der Waals surface area (Å²) in [5.41, 5.74) is 0. The highest BCUT2D eigenvalue weighted by Gasteiger charge is 2.61. The molecule has 10 saturated heterocycles. The molecule has 0 spiro atoms. The van der Waals surface area contributed by atoms with Gasteiger partial charge in [-0.1, -0.05) is 20.8 Å². The number of carbonyl (C=O) groups is 4. The molecule has 24 heteroatoms. The first kappa shape index (κ1) is 67.3. The zero-order valence-corrected chi connectivity index (χ0v) is 55.1. The molecule has 2 saturated carbocycles. The van der Waals surface area contributed by atoms with Gasteiger partial charge in [0, 0.05) is 136 Å². The first-order valence-corrected chi connectivity index (χ1v) is 35.5. The summed E-state index contributed by atoms with van der Waals surface area (Å²) in [6.45, 7) is 18.2. The molecule has 20 nitrogen and oxygen atoms in total. The summed E-state index contributed by atoms with van der Waals surface area (Å²) in [7, 11) is 0. The SMILES string of the molecule is CC(C)C1NCCC2CCCOC3CC(CC(C)C4NCCC5CCCOC6CCCC(F)C6C6NC7C(CC6F)C(N6C[C@@H](C)N(C(=O)/C=C/C#N)C[C@@H]6C)NC(=O)N7C54)CC(F)C3C3NC4C(CC3F)C(N3C[C@@H](C)N(C(=O)/C=C/C#N)C[C@@H]3C)NC(=O)N4C21. The number of nitrogens with one attached hydrogen (secondary N) is 6. The van der Waals surface area contributed by atoms with Gasteiger partial charge < -0.3 is 50.3 Å². The van der Waals surface area contributed by atoms with E-state index in [4.69, 9.17) is 9.47 Å². The number of urea groups is 2. The van der Waals surface area contributed by atoms with Crippen molar-refractivity contribution >= 4 is 23.9 Å². The summed E-state index contributed by atoms with van der Waals surface area (Å²) in [6, 6.07) is -0.512. The van der Waals surface area contributed by atoms with Gasteiger partial charge in [0.15, 0.2) is 0 Å². The first-order valence-electron chi connectivity index (χ1n) is 35.5. The Morgan fingerprint density at radius 1 is 0.576 bits per heavy atom. The second kappa shape index (κ2) is 28.6. The minimum atomic E-state index is -1.48. The predicted octanol–water partition coefficient (Wildman–Crippen LogP) is 6.21. The Morgan fingerprint density at radius 3 is 1.58 bits per heavy atom. The van der Waals surface area contributed by atoms with E-state index in [1.165, 1.54) is 24.3 Å². The van der Waals surface area contributed by atoms with Crippen molar-refractivity contribution in [3.63, 3.8) is 0 Å². The van der Waals surface area contributed by atoms with Crippen molar-refractivity contribution in [2.75, 3.05) is 52.5 Å². The molecule has 0 radical (unpaired) electrons. The van der Waals surface area contributed by atoms with E-state index in [2.05, 4.69) is 62.5 Å². The monoisotopic (exact) mass is 1290 g/mol. The van der Waals surface area contributed by atoms with Gasteiger partial charge in [-0.25, -0.2) is 27.2 Å². The van der Waals surface area contributed by atoms with Gasteiger partial charge in [0.2, 0.25) is 11.8 Å². The van der Waals surface area contributed by atoms with E-state index >= 15 is 27.2 Å². The van der Waals surface area contributed by atoms with Crippen molar-refractivity contribution < 1.29 is 46.2 Å². The molecule has 510 valence electrons. The van der Waals surface area contributed by atoms with Crippen LogP contribution in [0.2, 0.25) is 0 Å². The third-order valence-corrected chi connectivity index (χ3v) is 24.6. The van der Waals surface area contributed by atoms with Gasteiger partial charge in [-0.3, -0.25) is 30.0 Å². The summed E-state index contributed by atoms with van der Waals surface area (Å²) in [5.74, 6) is -3.01. The Morgan fingerprint density at radius 2 is 1.07 bits per heavy atom. The van der Waals surface area contributed by atoms with Crippen molar-refractivity contribution in [3.8, 4) is 12.1 Å². The molecule has 6 N–H and O–H groups in total. The van der Waals surface area contributed by atoms with Crippen molar-refractivity contribution in [3.05, 3.63) is 24.3 Å². The molecule has 0 aromatic heterocycles. The quantitative estimate of drug-likeness (QED) is 0.0903. The number of piperidine rings is 4. The van der Waals surface area contributed by atoms with Crippen LogP contribution in [0, 0.1) is 75.9 Å². The molecule has 6 amide bonds. The van der Waals surface area contributed by atoms with Gasteiger partial charge in [-0.05, 0) is 160 Å². The van der Waals surface area contributed by atoms with Crippen LogP contribution in [0.25, 0.3) is 0 Å². The van der Waals surface area contributed by atoms with Crippen molar-refractivity contribution in [1.82, 2.24) is 61.3 Å². The van der Waals surface area contributed by atoms with Gasteiger partial charge >= 0.3 is 12.1 Å². The largest absolute Gasteiger partial charge is 0.378 e. The van der Waals surface area contributed by atoms with E-state index in [0.717, 1.165) is 32.2 Å². The number of piperazine rings is 2. The number of nitriles is 2. The number of hydrogen-bond donors (Lipinski definition) is 6. The Hall–Kier alpha value is -4.66. The summed E-state index contributed by atoms with van der Waals surface area (Å²) in [5, 5.41) is 40.4. The summed E-state index contributed by atoms with van der Waals surface area (Å²) < 4.78 is 83.8. The molecule has 24 unspecified atom stereocenters. The number of halogens is 4.